The van der Waals surface area contributed by atoms with E-state index < -0.39 is 0 Å². The molecule has 0 spiro atoms. The van der Waals surface area contributed by atoms with E-state index in [-0.39, 0.29) is 10.6 Å². The second-order valence-corrected chi connectivity index (χ2v) is 4.08. The molecule has 0 N–H and O–H groups in total. The molecule has 0 fully saturated rings. The number of hydrogen-bond acceptors (Lipinski definition) is 2. The van der Waals surface area contributed by atoms with E-state index in [0.29, 0.717) is 5.56 Å². The molecule has 0 aliphatic heterocycles. The topological polar surface area (TPSA) is 26.3 Å². The van der Waals surface area contributed by atoms with E-state index in [9.17, 15) is 4.79 Å². The van der Waals surface area contributed by atoms with Gasteiger partial charge in [-0.25, -0.2) is 0 Å². The van der Waals surface area contributed by atoms with Crippen LogP contribution in [0.1, 0.15) is 17.3 Å². The Balaban J connectivity index is 2.86. The van der Waals surface area contributed by atoms with Crippen LogP contribution < -0.4 is 4.74 Å². The first kappa shape index (κ1) is 10.3. The number of ether oxygens (including phenoxy) is 1. The molecule has 0 saturated heterocycles. The number of rotatable bonds is 3. The standard InChI is InChI=1S/C10H11BrO2/c1-7(11)10(12)8-3-5-9(13-2)6-4-8/h3-7H,1-2H3/t7-/m1/s1. The molecule has 0 aromatic heterocycles. The van der Waals surface area contributed by atoms with Gasteiger partial charge in [-0.2, -0.15) is 0 Å². The quantitative estimate of drug-likeness (QED) is 0.602. The predicted octanol–water partition coefficient (Wildman–Crippen LogP) is 2.66. The van der Waals surface area contributed by atoms with Gasteiger partial charge in [-0.15, -0.1) is 0 Å². The Hall–Kier alpha value is -0.830. The largest absolute Gasteiger partial charge is 0.497 e. The first-order chi connectivity index (χ1) is 6.15. The predicted molar refractivity (Wildman–Crippen MR) is 55.7 cm³/mol. The maximum atomic E-state index is 11.5. The molecule has 3 heteroatoms. The third-order valence-corrected chi connectivity index (χ3v) is 2.15. The zero-order valence-corrected chi connectivity index (χ0v) is 9.17. The molecule has 0 unspecified atom stereocenters. The summed E-state index contributed by atoms with van der Waals surface area (Å²) in [6.07, 6.45) is 0. The Bertz CT molecular complexity index is 290. The number of benzene rings is 1. The van der Waals surface area contributed by atoms with Gasteiger partial charge in [0.2, 0.25) is 0 Å². The Kier molecular flexibility index (Phi) is 3.48. The van der Waals surface area contributed by atoms with Crippen molar-refractivity contribution in [3.05, 3.63) is 29.8 Å². The minimum absolute atomic E-state index is 0.0858. The summed E-state index contributed by atoms with van der Waals surface area (Å²) in [5.74, 6) is 0.849. The number of halogens is 1. The summed E-state index contributed by atoms with van der Waals surface area (Å²) in [6, 6.07) is 7.09. The van der Waals surface area contributed by atoms with Crippen LogP contribution >= 0.6 is 15.9 Å². The highest BCUT2D eigenvalue weighted by atomic mass is 79.9. The molecule has 1 aromatic carbocycles. The van der Waals surface area contributed by atoms with Crippen LogP contribution in [-0.2, 0) is 0 Å². The second-order valence-electron chi connectivity index (χ2n) is 2.71. The van der Waals surface area contributed by atoms with Gasteiger partial charge >= 0.3 is 0 Å². The van der Waals surface area contributed by atoms with Gasteiger partial charge in [0, 0.05) is 5.56 Å². The molecule has 0 bridgehead atoms. The first-order valence-electron chi connectivity index (χ1n) is 3.97. The van der Waals surface area contributed by atoms with Crippen LogP contribution in [0.4, 0.5) is 0 Å². The first-order valence-corrected chi connectivity index (χ1v) is 4.89. The third-order valence-electron chi connectivity index (χ3n) is 1.74. The Morgan fingerprint density at radius 1 is 1.38 bits per heavy atom. The monoisotopic (exact) mass is 242 g/mol. The third kappa shape index (κ3) is 2.56. The van der Waals surface area contributed by atoms with E-state index in [1.54, 1.807) is 31.4 Å². The summed E-state index contributed by atoms with van der Waals surface area (Å²) in [4.78, 5) is 11.3. The summed E-state index contributed by atoms with van der Waals surface area (Å²) >= 11 is 3.23. The van der Waals surface area contributed by atoms with Crippen molar-refractivity contribution in [1.29, 1.82) is 0 Å². The van der Waals surface area contributed by atoms with Crippen molar-refractivity contribution in [2.45, 2.75) is 11.8 Å². The minimum atomic E-state index is -0.138. The summed E-state index contributed by atoms with van der Waals surface area (Å²) < 4.78 is 4.99. The smallest absolute Gasteiger partial charge is 0.176 e. The molecule has 0 aliphatic carbocycles. The molecule has 0 saturated carbocycles. The van der Waals surface area contributed by atoms with Crippen LogP contribution in [0.5, 0.6) is 5.75 Å². The molecule has 70 valence electrons. The van der Waals surface area contributed by atoms with Crippen molar-refractivity contribution in [2.24, 2.45) is 0 Å². The molecule has 0 aliphatic rings. The van der Waals surface area contributed by atoms with Gasteiger partial charge in [0.15, 0.2) is 5.78 Å². The molecule has 1 rings (SSSR count). The molecular formula is C10H11BrO2. The van der Waals surface area contributed by atoms with Gasteiger partial charge in [0.05, 0.1) is 11.9 Å². The van der Waals surface area contributed by atoms with Crippen LogP contribution in [-0.4, -0.2) is 17.7 Å². The van der Waals surface area contributed by atoms with Crippen LogP contribution in [0.2, 0.25) is 0 Å². The van der Waals surface area contributed by atoms with E-state index in [2.05, 4.69) is 15.9 Å². The van der Waals surface area contributed by atoms with Gasteiger partial charge in [-0.3, -0.25) is 4.79 Å². The van der Waals surface area contributed by atoms with E-state index in [1.807, 2.05) is 6.92 Å². The summed E-state index contributed by atoms with van der Waals surface area (Å²) in [5, 5.41) is 0. The van der Waals surface area contributed by atoms with Crippen LogP contribution in [0.3, 0.4) is 0 Å². The molecular weight excluding hydrogens is 232 g/mol. The Morgan fingerprint density at radius 2 is 1.92 bits per heavy atom. The Morgan fingerprint density at radius 3 is 2.31 bits per heavy atom. The van der Waals surface area contributed by atoms with E-state index in [0.717, 1.165) is 5.75 Å². The molecule has 1 atom stereocenters. The average molecular weight is 243 g/mol. The van der Waals surface area contributed by atoms with Crippen molar-refractivity contribution in [1.82, 2.24) is 0 Å². The lowest BCUT2D eigenvalue weighted by atomic mass is 10.1. The Labute approximate surface area is 86.0 Å². The number of ketones is 1. The second kappa shape index (κ2) is 4.42. The number of methoxy groups -OCH3 is 1. The van der Waals surface area contributed by atoms with Crippen LogP contribution in [0, 0.1) is 0 Å². The zero-order valence-electron chi connectivity index (χ0n) is 7.58. The fourth-order valence-corrected chi connectivity index (χ4v) is 1.25. The minimum Gasteiger partial charge on any atom is -0.497 e. The zero-order chi connectivity index (χ0) is 9.84. The highest BCUT2D eigenvalue weighted by Crippen LogP contribution is 2.14. The van der Waals surface area contributed by atoms with E-state index in [1.165, 1.54) is 0 Å². The van der Waals surface area contributed by atoms with E-state index in [4.69, 9.17) is 4.74 Å². The summed E-state index contributed by atoms with van der Waals surface area (Å²) in [7, 11) is 1.60. The lowest BCUT2D eigenvalue weighted by Crippen LogP contribution is -2.09. The molecule has 0 amide bonds. The number of Topliss-reactive ketones (excluding diaryl/α,β-unsaturated/α-hetero) is 1. The fraction of sp³-hybridized carbons (Fsp3) is 0.300. The number of alkyl halides is 1. The van der Waals surface area contributed by atoms with Crippen molar-refractivity contribution in [2.75, 3.05) is 7.11 Å². The van der Waals surface area contributed by atoms with Crippen molar-refractivity contribution >= 4 is 21.7 Å². The average Bonchev–Trinajstić information content (AvgIpc) is 2.17. The molecule has 0 heterocycles. The molecule has 0 radical (unpaired) electrons. The maximum absolute atomic E-state index is 11.5. The van der Waals surface area contributed by atoms with Gasteiger partial charge < -0.3 is 4.74 Å². The van der Waals surface area contributed by atoms with Gasteiger partial charge in [0.25, 0.3) is 0 Å². The van der Waals surface area contributed by atoms with Crippen molar-refractivity contribution in [3.8, 4) is 5.75 Å². The maximum Gasteiger partial charge on any atom is 0.176 e. The van der Waals surface area contributed by atoms with Crippen molar-refractivity contribution < 1.29 is 9.53 Å². The molecule has 1 aromatic rings. The molecule has 13 heavy (non-hydrogen) atoms. The number of carbonyl (C=O) groups is 1. The van der Waals surface area contributed by atoms with Crippen LogP contribution in [0.15, 0.2) is 24.3 Å². The fourth-order valence-electron chi connectivity index (χ4n) is 0.985. The lowest BCUT2D eigenvalue weighted by molar-refractivity contribution is 0.0996. The lowest BCUT2D eigenvalue weighted by Gasteiger charge is -2.03. The number of hydrogen-bond donors (Lipinski definition) is 0. The summed E-state index contributed by atoms with van der Waals surface area (Å²) in [6.45, 7) is 1.81. The van der Waals surface area contributed by atoms with Gasteiger partial charge in [-0.05, 0) is 31.2 Å². The highest BCUT2D eigenvalue weighted by molar-refractivity contribution is 9.10. The van der Waals surface area contributed by atoms with Gasteiger partial charge in [0.1, 0.15) is 5.75 Å². The SMILES string of the molecule is COc1ccc(C(=O)[C@@H](C)Br)cc1. The van der Waals surface area contributed by atoms with Crippen molar-refractivity contribution in [3.63, 3.8) is 0 Å². The van der Waals surface area contributed by atoms with Gasteiger partial charge in [-0.1, -0.05) is 15.9 Å². The number of carbonyl (C=O) groups excluding carboxylic acids is 1. The molecule has 2 nitrogen and oxygen atoms in total. The normalized spacial score (nSPS) is 12.2. The highest BCUT2D eigenvalue weighted by Gasteiger charge is 2.10. The summed E-state index contributed by atoms with van der Waals surface area (Å²) in [5.41, 5.74) is 0.699. The van der Waals surface area contributed by atoms with E-state index >= 15 is 0 Å². The van der Waals surface area contributed by atoms with Crippen LogP contribution in [0.25, 0.3) is 0 Å².